The topological polar surface area (TPSA) is 67.9 Å². The van der Waals surface area contributed by atoms with Crippen molar-refractivity contribution in [2.75, 3.05) is 13.1 Å². The van der Waals surface area contributed by atoms with Crippen LogP contribution in [0.1, 0.15) is 29.3 Å². The monoisotopic (exact) mass is 367 g/mol. The second kappa shape index (κ2) is 7.52. The van der Waals surface area contributed by atoms with E-state index >= 15 is 0 Å². The Kier molecular flexibility index (Phi) is 4.94. The van der Waals surface area contributed by atoms with Gasteiger partial charge in [-0.3, -0.25) is 9.88 Å². The molecule has 4 heterocycles. The molecule has 0 aromatic carbocycles. The van der Waals surface area contributed by atoms with Crippen molar-refractivity contribution in [1.82, 2.24) is 25.0 Å². The van der Waals surface area contributed by atoms with E-state index in [1.54, 1.807) is 18.6 Å². The van der Waals surface area contributed by atoms with Gasteiger partial charge in [-0.1, -0.05) is 5.16 Å². The average Bonchev–Trinajstić information content (AvgIpc) is 3.23. The second-order valence-corrected chi connectivity index (χ2v) is 7.12. The van der Waals surface area contributed by atoms with Crippen LogP contribution >= 0.6 is 0 Å². The normalized spacial score (nSPS) is 17.5. The number of hydrogen-bond donors (Lipinski definition) is 0. The van der Waals surface area contributed by atoms with E-state index in [2.05, 4.69) is 25.0 Å². The molecule has 0 amide bonds. The van der Waals surface area contributed by atoms with E-state index in [0.717, 1.165) is 54.3 Å². The van der Waals surface area contributed by atoms with Crippen LogP contribution in [0.3, 0.4) is 0 Å². The van der Waals surface area contributed by atoms with Crippen LogP contribution in [-0.4, -0.2) is 38.1 Å². The summed E-state index contributed by atoms with van der Waals surface area (Å²) in [6, 6.07) is 5.11. The number of hydrogen-bond acceptors (Lipinski definition) is 6. The lowest BCUT2D eigenvalue weighted by Crippen LogP contribution is -2.22. The van der Waals surface area contributed by atoms with Gasteiger partial charge >= 0.3 is 0 Å². The minimum absolute atomic E-state index is 0.235. The molecular weight excluding hydrogens is 345 g/mol. The second-order valence-electron chi connectivity index (χ2n) is 7.12. The lowest BCUT2D eigenvalue weighted by atomic mass is 10.0. The fourth-order valence-electron chi connectivity index (χ4n) is 3.76. The fraction of sp³-hybridized carbons (Fsp3) is 0.400. The molecule has 1 atom stereocenters. The molecule has 0 unspecified atom stereocenters. The Morgan fingerprint density at radius 2 is 2.15 bits per heavy atom. The summed E-state index contributed by atoms with van der Waals surface area (Å²) in [5, 5.41) is 4.00. The Hall–Kier alpha value is -2.67. The van der Waals surface area contributed by atoms with E-state index in [-0.39, 0.29) is 5.82 Å². The molecule has 0 bridgehead atoms. The van der Waals surface area contributed by atoms with Crippen molar-refractivity contribution in [3.63, 3.8) is 0 Å². The lowest BCUT2D eigenvalue weighted by Gasteiger charge is -2.15. The van der Waals surface area contributed by atoms with Crippen molar-refractivity contribution >= 4 is 0 Å². The molecule has 3 aromatic heterocycles. The molecule has 1 fully saturated rings. The van der Waals surface area contributed by atoms with Gasteiger partial charge in [0.25, 0.3) is 0 Å². The van der Waals surface area contributed by atoms with Crippen molar-refractivity contribution in [2.45, 2.75) is 33.2 Å². The molecule has 0 saturated carbocycles. The van der Waals surface area contributed by atoms with Gasteiger partial charge in [-0.25, -0.2) is 14.4 Å². The third kappa shape index (κ3) is 3.88. The number of halogens is 1. The number of rotatable bonds is 5. The van der Waals surface area contributed by atoms with Crippen molar-refractivity contribution < 1.29 is 8.91 Å². The predicted molar refractivity (Wildman–Crippen MR) is 98.3 cm³/mol. The molecule has 0 aliphatic carbocycles. The summed E-state index contributed by atoms with van der Waals surface area (Å²) in [5.41, 5.74) is 4.15. The van der Waals surface area contributed by atoms with Gasteiger partial charge in [0, 0.05) is 25.0 Å². The van der Waals surface area contributed by atoms with Gasteiger partial charge in [0.1, 0.15) is 17.9 Å². The van der Waals surface area contributed by atoms with Crippen LogP contribution in [0.4, 0.5) is 4.39 Å². The molecule has 3 aromatic rings. The number of nitrogens with zero attached hydrogens (tertiary/aromatic N) is 5. The van der Waals surface area contributed by atoms with Crippen LogP contribution in [0.15, 0.2) is 35.2 Å². The maximum atomic E-state index is 13.8. The molecule has 0 N–H and O–H groups in total. The van der Waals surface area contributed by atoms with Gasteiger partial charge in [-0.15, -0.1) is 0 Å². The summed E-state index contributed by atoms with van der Waals surface area (Å²) < 4.78 is 19.1. The highest BCUT2D eigenvalue weighted by Gasteiger charge is 2.24. The first-order chi connectivity index (χ1) is 13.1. The number of aryl methyl sites for hydroxylation is 2. The largest absolute Gasteiger partial charge is 0.361 e. The van der Waals surface area contributed by atoms with Crippen LogP contribution in [0.5, 0.6) is 0 Å². The van der Waals surface area contributed by atoms with Crippen molar-refractivity contribution in [3.8, 4) is 11.3 Å². The van der Waals surface area contributed by atoms with Gasteiger partial charge in [0.15, 0.2) is 0 Å². The van der Waals surface area contributed by atoms with Crippen molar-refractivity contribution in [2.24, 2.45) is 5.92 Å². The number of likely N-dealkylation sites (tertiary alicyclic amines) is 1. The maximum Gasteiger partial charge on any atom is 0.146 e. The first kappa shape index (κ1) is 17.7. The van der Waals surface area contributed by atoms with E-state index in [9.17, 15) is 4.39 Å². The molecule has 6 nitrogen and oxygen atoms in total. The summed E-state index contributed by atoms with van der Waals surface area (Å²) in [5.74, 6) is 1.02. The third-order valence-corrected chi connectivity index (χ3v) is 5.09. The van der Waals surface area contributed by atoms with Gasteiger partial charge in [0.05, 0.1) is 22.6 Å². The summed E-state index contributed by atoms with van der Waals surface area (Å²) in [4.78, 5) is 15.2. The molecule has 0 spiro atoms. The lowest BCUT2D eigenvalue weighted by molar-refractivity contribution is 0.306. The zero-order valence-electron chi connectivity index (χ0n) is 15.5. The molecule has 27 heavy (non-hydrogen) atoms. The van der Waals surface area contributed by atoms with Crippen LogP contribution in [0.25, 0.3) is 11.3 Å². The highest BCUT2D eigenvalue weighted by atomic mass is 19.1. The smallest absolute Gasteiger partial charge is 0.146 e. The highest BCUT2D eigenvalue weighted by Crippen LogP contribution is 2.27. The maximum absolute atomic E-state index is 13.8. The summed E-state index contributed by atoms with van der Waals surface area (Å²) >= 11 is 0. The Balaban J connectivity index is 1.42. The molecule has 0 radical (unpaired) electrons. The minimum atomic E-state index is -0.235. The highest BCUT2D eigenvalue weighted by molar-refractivity contribution is 5.63. The van der Waals surface area contributed by atoms with Gasteiger partial charge < -0.3 is 4.52 Å². The van der Waals surface area contributed by atoms with Gasteiger partial charge in [-0.2, -0.15) is 0 Å². The molecule has 1 aliphatic heterocycles. The first-order valence-electron chi connectivity index (χ1n) is 9.16. The standard InChI is InChI=1S/C20H22FN5O/c1-13-20(14(2)27-25-13)18-9-16(23-12-24-18)8-15-5-7-26(10-15)11-19-17(21)4-3-6-22-19/h3-4,6,9,12,15H,5,7-8,10-11H2,1-2H3/t15-/m1/s1. The molecule has 7 heteroatoms. The van der Waals surface area contributed by atoms with Gasteiger partial charge in [-0.05, 0) is 57.4 Å². The molecule has 4 rings (SSSR count). The zero-order valence-corrected chi connectivity index (χ0v) is 15.5. The van der Waals surface area contributed by atoms with Gasteiger partial charge in [0.2, 0.25) is 0 Å². The van der Waals surface area contributed by atoms with Crippen LogP contribution < -0.4 is 0 Å². The minimum Gasteiger partial charge on any atom is -0.361 e. The number of aromatic nitrogens is 4. The van der Waals surface area contributed by atoms with Crippen LogP contribution in [0.2, 0.25) is 0 Å². The molecule has 140 valence electrons. The molecule has 1 aliphatic rings. The zero-order chi connectivity index (χ0) is 18.8. The molecular formula is C20H22FN5O. The van der Waals surface area contributed by atoms with E-state index in [1.165, 1.54) is 6.07 Å². The quantitative estimate of drug-likeness (QED) is 0.689. The van der Waals surface area contributed by atoms with E-state index in [0.29, 0.717) is 18.2 Å². The first-order valence-corrected chi connectivity index (χ1v) is 9.16. The fourth-order valence-corrected chi connectivity index (χ4v) is 3.76. The summed E-state index contributed by atoms with van der Waals surface area (Å²) in [6.45, 7) is 6.22. The van der Waals surface area contributed by atoms with Crippen molar-refractivity contribution in [1.29, 1.82) is 0 Å². The van der Waals surface area contributed by atoms with E-state index in [4.69, 9.17) is 4.52 Å². The van der Waals surface area contributed by atoms with E-state index in [1.807, 2.05) is 19.9 Å². The SMILES string of the molecule is Cc1noc(C)c1-c1cc(C[C@H]2CCN(Cc3ncccc3F)C2)ncn1. The molecule has 1 saturated heterocycles. The average molecular weight is 367 g/mol. The Morgan fingerprint density at radius 1 is 1.26 bits per heavy atom. The third-order valence-electron chi connectivity index (χ3n) is 5.09. The Bertz CT molecular complexity index is 922. The van der Waals surface area contributed by atoms with Crippen LogP contribution in [0, 0.1) is 25.6 Å². The van der Waals surface area contributed by atoms with Crippen LogP contribution in [-0.2, 0) is 13.0 Å². The van der Waals surface area contributed by atoms with E-state index < -0.39 is 0 Å². The van der Waals surface area contributed by atoms with Crippen molar-refractivity contribution in [3.05, 3.63) is 59.4 Å². The number of pyridine rings is 1. The summed E-state index contributed by atoms with van der Waals surface area (Å²) in [7, 11) is 0. The summed E-state index contributed by atoms with van der Waals surface area (Å²) in [6.07, 6.45) is 5.19. The Morgan fingerprint density at radius 3 is 2.93 bits per heavy atom. The Labute approximate surface area is 157 Å². The predicted octanol–water partition coefficient (Wildman–Crippen LogP) is 3.35.